The van der Waals surface area contributed by atoms with E-state index >= 15 is 0 Å². The first-order valence-electron chi connectivity index (χ1n) is 21.2. The summed E-state index contributed by atoms with van der Waals surface area (Å²) in [5.74, 6) is 0. The van der Waals surface area contributed by atoms with Crippen molar-refractivity contribution in [2.45, 2.75) is 0 Å². The van der Waals surface area contributed by atoms with Gasteiger partial charge < -0.3 is 9.32 Å². The summed E-state index contributed by atoms with van der Waals surface area (Å²) in [6.07, 6.45) is 0. The van der Waals surface area contributed by atoms with E-state index < -0.39 is 0 Å². The summed E-state index contributed by atoms with van der Waals surface area (Å²) >= 11 is 0. The average molecular weight is 790 g/mol. The van der Waals surface area contributed by atoms with Gasteiger partial charge in [-0.2, -0.15) is 0 Å². The molecule has 12 rings (SSSR count). The highest BCUT2D eigenvalue weighted by atomic mass is 16.3. The number of anilines is 3. The van der Waals surface area contributed by atoms with Gasteiger partial charge in [-0.15, -0.1) is 0 Å². The summed E-state index contributed by atoms with van der Waals surface area (Å²) < 4.78 is 6.55. The molecule has 0 aliphatic rings. The Balaban J connectivity index is 0.940. The van der Waals surface area contributed by atoms with Crippen LogP contribution in [-0.2, 0) is 0 Å². The van der Waals surface area contributed by atoms with E-state index in [1.165, 1.54) is 60.3 Å². The number of hydrogen-bond acceptors (Lipinski definition) is 2. The molecule has 0 N–H and O–H groups in total. The molecule has 0 aliphatic carbocycles. The summed E-state index contributed by atoms with van der Waals surface area (Å²) in [6, 6.07) is 85.5. The van der Waals surface area contributed by atoms with Crippen molar-refractivity contribution in [3.63, 3.8) is 0 Å². The van der Waals surface area contributed by atoms with Crippen molar-refractivity contribution in [2.24, 2.45) is 0 Å². The molecule has 0 atom stereocenters. The number of rotatable bonds is 7. The van der Waals surface area contributed by atoms with Crippen LogP contribution in [0, 0.1) is 0 Å². The van der Waals surface area contributed by atoms with E-state index in [2.05, 4.69) is 241 Å². The minimum atomic E-state index is 0.896. The Morgan fingerprint density at radius 3 is 1.45 bits per heavy atom. The molecular weight excluding hydrogens is 751 g/mol. The molecule has 0 spiro atoms. The largest absolute Gasteiger partial charge is 0.455 e. The highest BCUT2D eigenvalue weighted by Crippen LogP contribution is 2.42. The van der Waals surface area contributed by atoms with Crippen LogP contribution < -0.4 is 4.90 Å². The Hall–Kier alpha value is -8.20. The van der Waals surface area contributed by atoms with Crippen LogP contribution in [0.5, 0.6) is 0 Å². The molecule has 0 amide bonds. The van der Waals surface area contributed by atoms with Gasteiger partial charge in [0.25, 0.3) is 0 Å². The van der Waals surface area contributed by atoms with Crippen molar-refractivity contribution in [2.75, 3.05) is 4.90 Å². The first-order chi connectivity index (χ1) is 30.7. The van der Waals surface area contributed by atoms with Gasteiger partial charge in [0.1, 0.15) is 11.2 Å². The van der Waals surface area contributed by atoms with Crippen molar-refractivity contribution >= 4 is 71.3 Å². The highest BCUT2D eigenvalue weighted by molar-refractivity contribution is 6.19. The van der Waals surface area contributed by atoms with Crippen molar-refractivity contribution in [3.05, 3.63) is 237 Å². The van der Waals surface area contributed by atoms with Gasteiger partial charge in [-0.05, 0) is 138 Å². The summed E-state index contributed by atoms with van der Waals surface area (Å²) in [5.41, 5.74) is 14.5. The lowest BCUT2D eigenvalue weighted by atomic mass is 9.97. The molecule has 1 heterocycles. The first-order valence-corrected chi connectivity index (χ1v) is 21.2. The van der Waals surface area contributed by atoms with Gasteiger partial charge in [0.15, 0.2) is 0 Å². The van der Waals surface area contributed by atoms with E-state index in [4.69, 9.17) is 4.42 Å². The predicted molar refractivity (Wildman–Crippen MR) is 263 cm³/mol. The molecule has 12 aromatic rings. The molecule has 0 fully saturated rings. The van der Waals surface area contributed by atoms with Crippen molar-refractivity contribution in [1.82, 2.24) is 0 Å². The standard InChI is InChI=1S/C60H39NO/c1-3-13-45-37-50(24-22-40(45)10-1)48-16-7-15-47(36-48)42-26-31-52(32-27-42)61(54-18-8-17-49(39-54)51-25-23-41-11-2-4-14-46(41)38-51)53-33-28-44(29-34-53)55-20-9-21-58-59(55)57-35-30-43-12-5-6-19-56(43)60(57)62-58/h1-39H. The van der Waals surface area contributed by atoms with E-state index in [9.17, 15) is 0 Å². The van der Waals surface area contributed by atoms with E-state index in [-0.39, 0.29) is 0 Å². The molecule has 1 aromatic heterocycles. The van der Waals surface area contributed by atoms with Crippen LogP contribution in [0.4, 0.5) is 17.1 Å². The molecule has 0 radical (unpaired) electrons. The molecule has 2 nitrogen and oxygen atoms in total. The van der Waals surface area contributed by atoms with Gasteiger partial charge in [0, 0.05) is 33.2 Å². The Bertz CT molecular complexity index is 3630. The highest BCUT2D eigenvalue weighted by Gasteiger charge is 2.18. The first kappa shape index (κ1) is 35.7. The topological polar surface area (TPSA) is 16.4 Å². The number of hydrogen-bond donors (Lipinski definition) is 0. The minimum absolute atomic E-state index is 0.896. The molecule has 0 saturated heterocycles. The van der Waals surface area contributed by atoms with Crippen molar-refractivity contribution < 1.29 is 4.42 Å². The molecule has 2 heteroatoms. The van der Waals surface area contributed by atoms with Gasteiger partial charge in [-0.1, -0.05) is 170 Å². The van der Waals surface area contributed by atoms with Crippen molar-refractivity contribution in [1.29, 1.82) is 0 Å². The fraction of sp³-hybridized carbons (Fsp3) is 0. The molecule has 62 heavy (non-hydrogen) atoms. The third kappa shape index (κ3) is 6.29. The SMILES string of the molecule is c1cc(-c2ccc(N(c3ccc(-c4cccc5oc6c7ccccc7ccc6c45)cc3)c3cccc(-c4ccc5ccccc5c4)c3)cc2)cc(-c2ccc3ccccc3c2)c1. The van der Waals surface area contributed by atoms with Crippen LogP contribution in [-0.4, -0.2) is 0 Å². The van der Waals surface area contributed by atoms with Crippen LogP contribution in [0.15, 0.2) is 241 Å². The Morgan fingerprint density at radius 1 is 0.274 bits per heavy atom. The third-order valence-corrected chi connectivity index (χ3v) is 12.4. The Kier molecular flexibility index (Phi) is 8.53. The second kappa shape index (κ2) is 14.8. The molecular formula is C60H39NO. The smallest absolute Gasteiger partial charge is 0.143 e. The molecule has 290 valence electrons. The second-order valence-corrected chi connectivity index (χ2v) is 16.1. The number of benzene rings is 11. The quantitative estimate of drug-likeness (QED) is 0.160. The summed E-state index contributed by atoms with van der Waals surface area (Å²) in [7, 11) is 0. The van der Waals surface area contributed by atoms with E-state index in [0.717, 1.165) is 55.5 Å². The number of nitrogens with zero attached hydrogens (tertiary/aromatic N) is 1. The summed E-state index contributed by atoms with van der Waals surface area (Å²) in [4.78, 5) is 2.36. The Morgan fingerprint density at radius 2 is 0.774 bits per heavy atom. The summed E-state index contributed by atoms with van der Waals surface area (Å²) in [5, 5.41) is 9.56. The van der Waals surface area contributed by atoms with Gasteiger partial charge in [0.05, 0.1) is 0 Å². The third-order valence-electron chi connectivity index (χ3n) is 12.4. The number of fused-ring (bicyclic) bond motifs is 7. The lowest BCUT2D eigenvalue weighted by Crippen LogP contribution is -2.10. The van der Waals surface area contributed by atoms with Gasteiger partial charge >= 0.3 is 0 Å². The molecule has 0 saturated carbocycles. The molecule has 0 aliphatic heterocycles. The predicted octanol–water partition coefficient (Wildman–Crippen LogP) is 17.2. The molecule has 0 bridgehead atoms. The molecule has 0 unspecified atom stereocenters. The van der Waals surface area contributed by atoms with E-state index in [1.807, 2.05) is 0 Å². The fourth-order valence-corrected chi connectivity index (χ4v) is 9.28. The molecule has 11 aromatic carbocycles. The monoisotopic (exact) mass is 789 g/mol. The van der Waals surface area contributed by atoms with Crippen molar-refractivity contribution in [3.8, 4) is 44.5 Å². The zero-order valence-electron chi connectivity index (χ0n) is 33.9. The van der Waals surface area contributed by atoms with Crippen LogP contribution in [0.2, 0.25) is 0 Å². The van der Waals surface area contributed by atoms with Gasteiger partial charge in [-0.25, -0.2) is 0 Å². The normalized spacial score (nSPS) is 11.5. The lowest BCUT2D eigenvalue weighted by Gasteiger charge is -2.26. The van der Waals surface area contributed by atoms with Crippen LogP contribution in [0.1, 0.15) is 0 Å². The summed E-state index contributed by atoms with van der Waals surface area (Å²) in [6.45, 7) is 0. The second-order valence-electron chi connectivity index (χ2n) is 16.1. The zero-order chi connectivity index (χ0) is 41.0. The maximum atomic E-state index is 6.55. The zero-order valence-corrected chi connectivity index (χ0v) is 33.9. The minimum Gasteiger partial charge on any atom is -0.455 e. The van der Waals surface area contributed by atoms with Crippen LogP contribution >= 0.6 is 0 Å². The lowest BCUT2D eigenvalue weighted by molar-refractivity contribution is 0.673. The van der Waals surface area contributed by atoms with Gasteiger partial charge in [-0.3, -0.25) is 0 Å². The van der Waals surface area contributed by atoms with Gasteiger partial charge in [0.2, 0.25) is 0 Å². The Labute approximate surface area is 360 Å². The van der Waals surface area contributed by atoms with E-state index in [1.54, 1.807) is 0 Å². The van der Waals surface area contributed by atoms with Crippen LogP contribution in [0.25, 0.3) is 98.8 Å². The fourth-order valence-electron chi connectivity index (χ4n) is 9.28. The maximum Gasteiger partial charge on any atom is 0.143 e. The average Bonchev–Trinajstić information content (AvgIpc) is 3.74. The van der Waals surface area contributed by atoms with Crippen LogP contribution in [0.3, 0.4) is 0 Å². The number of furan rings is 1. The van der Waals surface area contributed by atoms with E-state index in [0.29, 0.717) is 0 Å². The maximum absolute atomic E-state index is 6.55.